The van der Waals surface area contributed by atoms with Crippen LogP contribution in [0.4, 0.5) is 0 Å². The molecule has 0 radical (unpaired) electrons. The van der Waals surface area contributed by atoms with Gasteiger partial charge in [-0.25, -0.2) is 0 Å². The molecule has 1 saturated heterocycles. The lowest BCUT2D eigenvalue weighted by Gasteiger charge is -2.58. The van der Waals surface area contributed by atoms with Crippen molar-refractivity contribution in [3.63, 3.8) is 0 Å². The van der Waals surface area contributed by atoms with E-state index in [1.807, 2.05) is 13.8 Å². The molecule has 196 valence electrons. The fraction of sp³-hybridized carbons (Fsp3) is 0.852. The van der Waals surface area contributed by atoms with Gasteiger partial charge in [-0.15, -0.1) is 0 Å². The zero-order valence-corrected chi connectivity index (χ0v) is 21.3. The normalized spacial score (nSPS) is 52.5. The van der Waals surface area contributed by atoms with E-state index in [-0.39, 0.29) is 30.3 Å². The van der Waals surface area contributed by atoms with Gasteiger partial charge in [-0.2, -0.15) is 0 Å². The molecule has 3 N–H and O–H groups in total. The average Bonchev–Trinajstić information content (AvgIpc) is 3.38. The van der Waals surface area contributed by atoms with Crippen molar-refractivity contribution in [2.24, 2.45) is 45.8 Å². The number of hydrogen-bond acceptors (Lipinski definition) is 7. The van der Waals surface area contributed by atoms with Crippen LogP contribution in [0.3, 0.4) is 0 Å². The van der Waals surface area contributed by atoms with Gasteiger partial charge in [0.2, 0.25) is 0 Å². The van der Waals surface area contributed by atoms with Gasteiger partial charge in [0.1, 0.15) is 30.0 Å². The number of aliphatic hydroxyl groups excluding tert-OH is 2. The predicted molar refractivity (Wildman–Crippen MR) is 125 cm³/mol. The molecule has 12 atom stereocenters. The molecule has 4 bridgehead atoms. The molecule has 5 aliphatic rings. The molecule has 0 aromatic carbocycles. The lowest BCUT2D eigenvalue weighted by molar-refractivity contribution is -0.306. The van der Waals surface area contributed by atoms with E-state index in [4.69, 9.17) is 14.2 Å². The standard InChI is InChI=1S/C27H40O8/c1-13(2)19-8-16-9-25(11-28)18-7-6-14(3)17(18)10-26(16,27(19,25)24(31)32)12-34-23-21(30)20(29)22(33-5)15(4)35-23/h8,11,13-18,20-23,29-30H,6-7,9-10,12H2,1-5H3,(H,31,32)/t14-,15-,16-,17-,18-,20+,21-,22-,23-,25+,26+,27+/m1/s1. The van der Waals surface area contributed by atoms with Crippen molar-refractivity contribution in [3.05, 3.63) is 11.6 Å². The van der Waals surface area contributed by atoms with E-state index in [0.717, 1.165) is 24.7 Å². The zero-order valence-electron chi connectivity index (χ0n) is 21.3. The number of rotatable bonds is 7. The molecule has 4 fully saturated rings. The van der Waals surface area contributed by atoms with E-state index >= 15 is 0 Å². The number of allylic oxidation sites excluding steroid dienone is 1. The number of aliphatic hydroxyl groups is 2. The second-order valence-corrected chi connectivity index (χ2v) is 12.2. The Bertz CT molecular complexity index is 917. The Labute approximate surface area is 207 Å². The number of carbonyl (C=O) groups excluding carboxylic acids is 1. The smallest absolute Gasteiger partial charge is 0.315 e. The van der Waals surface area contributed by atoms with Crippen LogP contribution in [0.15, 0.2) is 11.6 Å². The molecule has 0 amide bonds. The Morgan fingerprint density at radius 1 is 1.23 bits per heavy atom. The van der Waals surface area contributed by atoms with Gasteiger partial charge in [0.05, 0.1) is 18.1 Å². The summed E-state index contributed by atoms with van der Waals surface area (Å²) >= 11 is 0. The Balaban J connectivity index is 1.57. The van der Waals surface area contributed by atoms with Crippen LogP contribution in [0.25, 0.3) is 0 Å². The van der Waals surface area contributed by atoms with Crippen molar-refractivity contribution >= 4 is 12.3 Å². The summed E-state index contributed by atoms with van der Waals surface area (Å²) in [6.45, 7) is 8.02. The van der Waals surface area contributed by atoms with E-state index in [1.165, 1.54) is 7.11 Å². The number of fused-ring (bicyclic) bond motifs is 2. The first-order chi connectivity index (χ1) is 16.5. The Kier molecular flexibility index (Phi) is 6.04. The number of aliphatic carboxylic acids is 1. The van der Waals surface area contributed by atoms with Crippen molar-refractivity contribution in [2.75, 3.05) is 13.7 Å². The molecule has 35 heavy (non-hydrogen) atoms. The highest BCUT2D eigenvalue weighted by Crippen LogP contribution is 2.82. The highest BCUT2D eigenvalue weighted by atomic mass is 16.7. The molecular weight excluding hydrogens is 452 g/mol. The fourth-order valence-electron chi connectivity index (χ4n) is 9.34. The zero-order chi connectivity index (χ0) is 25.5. The topological polar surface area (TPSA) is 123 Å². The predicted octanol–water partition coefficient (Wildman–Crippen LogP) is 2.41. The quantitative estimate of drug-likeness (QED) is 0.366. The third kappa shape index (κ3) is 2.92. The summed E-state index contributed by atoms with van der Waals surface area (Å²) in [5.41, 5.74) is -2.28. The Morgan fingerprint density at radius 2 is 1.94 bits per heavy atom. The van der Waals surface area contributed by atoms with Crippen LogP contribution in [0.1, 0.15) is 53.4 Å². The first-order valence-electron chi connectivity index (χ1n) is 13.1. The van der Waals surface area contributed by atoms with E-state index in [1.54, 1.807) is 6.92 Å². The van der Waals surface area contributed by atoms with E-state index in [2.05, 4.69) is 13.0 Å². The minimum absolute atomic E-state index is 0.0219. The molecule has 0 unspecified atom stereocenters. The summed E-state index contributed by atoms with van der Waals surface area (Å²) in [7, 11) is 1.45. The van der Waals surface area contributed by atoms with Crippen LogP contribution in [-0.2, 0) is 23.8 Å². The van der Waals surface area contributed by atoms with Crippen LogP contribution >= 0.6 is 0 Å². The second kappa shape index (κ2) is 8.35. The third-order valence-electron chi connectivity index (χ3n) is 10.7. The largest absolute Gasteiger partial charge is 0.481 e. The summed E-state index contributed by atoms with van der Waals surface area (Å²) in [5, 5.41) is 32.3. The number of methoxy groups -OCH3 is 1. The fourth-order valence-corrected chi connectivity index (χ4v) is 9.34. The lowest BCUT2D eigenvalue weighted by Crippen LogP contribution is -2.64. The maximum absolute atomic E-state index is 13.5. The number of carboxylic acid groups (broad SMARTS) is 1. The van der Waals surface area contributed by atoms with Gasteiger partial charge in [-0.3, -0.25) is 4.79 Å². The van der Waals surface area contributed by atoms with Gasteiger partial charge in [0.25, 0.3) is 0 Å². The van der Waals surface area contributed by atoms with Crippen molar-refractivity contribution in [2.45, 2.75) is 84.1 Å². The SMILES string of the molecule is CO[C@H]1[C@@H](O)[C@@H](O)[C@H](OC[C@@]23C[C@@H]4[C@H](C)CC[C@H]4[C@@]4(C=O)C[C@H]2C=C(C(C)C)[C@@]34C(=O)O)O[C@@H]1C. The van der Waals surface area contributed by atoms with Crippen LogP contribution in [0.2, 0.25) is 0 Å². The number of ether oxygens (including phenoxy) is 3. The van der Waals surface area contributed by atoms with E-state index in [0.29, 0.717) is 18.8 Å². The molecule has 5 rings (SSSR count). The molecular formula is C27H40O8. The van der Waals surface area contributed by atoms with E-state index in [9.17, 15) is 24.9 Å². The minimum Gasteiger partial charge on any atom is -0.481 e. The summed E-state index contributed by atoms with van der Waals surface area (Å²) in [4.78, 5) is 26.5. The first-order valence-corrected chi connectivity index (χ1v) is 13.1. The molecule has 8 heteroatoms. The van der Waals surface area contributed by atoms with Gasteiger partial charge in [0, 0.05) is 12.5 Å². The molecule has 0 aromatic heterocycles. The van der Waals surface area contributed by atoms with Gasteiger partial charge in [0.15, 0.2) is 6.29 Å². The maximum Gasteiger partial charge on any atom is 0.315 e. The summed E-state index contributed by atoms with van der Waals surface area (Å²) in [5.74, 6) is -0.358. The van der Waals surface area contributed by atoms with Crippen LogP contribution in [0, 0.1) is 45.8 Å². The monoisotopic (exact) mass is 492 g/mol. The number of carbonyl (C=O) groups is 2. The van der Waals surface area contributed by atoms with Crippen molar-refractivity contribution in [3.8, 4) is 0 Å². The molecule has 0 aromatic rings. The third-order valence-corrected chi connectivity index (χ3v) is 10.7. The Hall–Kier alpha value is -1.32. The molecule has 3 saturated carbocycles. The van der Waals surface area contributed by atoms with Crippen molar-refractivity contribution in [1.82, 2.24) is 0 Å². The van der Waals surface area contributed by atoms with Gasteiger partial charge in [-0.05, 0) is 55.8 Å². The molecule has 0 spiro atoms. The van der Waals surface area contributed by atoms with Gasteiger partial charge >= 0.3 is 5.97 Å². The number of hydrogen-bond donors (Lipinski definition) is 3. The van der Waals surface area contributed by atoms with Crippen molar-refractivity contribution < 1.29 is 39.1 Å². The number of aldehydes is 1. The van der Waals surface area contributed by atoms with Crippen molar-refractivity contribution in [1.29, 1.82) is 0 Å². The summed E-state index contributed by atoms with van der Waals surface area (Å²) in [6, 6.07) is 0. The Morgan fingerprint density at radius 3 is 2.54 bits per heavy atom. The minimum atomic E-state index is -1.34. The lowest BCUT2D eigenvalue weighted by atomic mass is 9.43. The van der Waals surface area contributed by atoms with Crippen LogP contribution in [-0.4, -0.2) is 72.0 Å². The van der Waals surface area contributed by atoms with Crippen LogP contribution < -0.4 is 0 Å². The van der Waals surface area contributed by atoms with E-state index < -0.39 is 52.9 Å². The summed E-state index contributed by atoms with van der Waals surface area (Å²) < 4.78 is 17.4. The first kappa shape index (κ1) is 25.3. The molecule has 4 aliphatic carbocycles. The second-order valence-electron chi connectivity index (χ2n) is 12.2. The van der Waals surface area contributed by atoms with Gasteiger partial charge in [-0.1, -0.05) is 38.8 Å². The highest BCUT2D eigenvalue weighted by molar-refractivity contribution is 5.90. The van der Waals surface area contributed by atoms with Crippen LogP contribution in [0.5, 0.6) is 0 Å². The molecule has 1 heterocycles. The highest BCUT2D eigenvalue weighted by Gasteiger charge is 2.84. The summed E-state index contributed by atoms with van der Waals surface area (Å²) in [6.07, 6.45) is 1.32. The average molecular weight is 493 g/mol. The molecule has 8 nitrogen and oxygen atoms in total. The number of carboxylic acids is 1. The molecule has 1 aliphatic heterocycles. The maximum atomic E-state index is 13.5. The van der Waals surface area contributed by atoms with Gasteiger partial charge < -0.3 is 34.3 Å².